The van der Waals surface area contributed by atoms with Crippen LogP contribution in [0, 0.1) is 11.3 Å². The Morgan fingerprint density at radius 1 is 0.839 bits per heavy atom. The number of ether oxygens (including phenoxy) is 2. The lowest BCUT2D eigenvalue weighted by Crippen LogP contribution is -1.91. The molecule has 0 aliphatic rings. The Morgan fingerprint density at radius 3 is 2.10 bits per heavy atom. The van der Waals surface area contributed by atoms with E-state index in [4.69, 9.17) is 13.9 Å². The fraction of sp³-hybridized carbons (Fsp3) is 0.0769. The van der Waals surface area contributed by atoms with E-state index in [1.165, 1.54) is 0 Å². The van der Waals surface area contributed by atoms with E-state index in [-0.39, 0.29) is 5.88 Å². The van der Waals surface area contributed by atoms with Gasteiger partial charge in [0.1, 0.15) is 17.4 Å². The van der Waals surface area contributed by atoms with Gasteiger partial charge in [-0.1, -0.05) is 60.7 Å². The molecule has 0 radical (unpaired) electrons. The Kier molecular flexibility index (Phi) is 5.82. The molecule has 4 rings (SSSR count). The third-order valence-corrected chi connectivity index (χ3v) is 4.84. The molecule has 1 aromatic heterocycles. The number of nitrogens with zero attached hydrogens (tertiary/aromatic N) is 2. The van der Waals surface area contributed by atoms with E-state index in [2.05, 4.69) is 11.1 Å². The van der Waals surface area contributed by atoms with Gasteiger partial charge in [0.15, 0.2) is 11.5 Å². The van der Waals surface area contributed by atoms with Crippen LogP contribution in [0.4, 0.5) is 5.88 Å². The zero-order chi connectivity index (χ0) is 21.6. The highest BCUT2D eigenvalue weighted by Gasteiger charge is 2.22. The summed E-state index contributed by atoms with van der Waals surface area (Å²) in [4.78, 5) is 4.50. The topological polar surface area (TPSA) is 67.8 Å². The van der Waals surface area contributed by atoms with Crippen LogP contribution >= 0.6 is 0 Å². The Bertz CT molecular complexity index is 1250. The predicted octanol–water partition coefficient (Wildman–Crippen LogP) is 6.25. The molecule has 0 spiro atoms. The van der Waals surface area contributed by atoms with Crippen LogP contribution in [0.2, 0.25) is 0 Å². The van der Waals surface area contributed by atoms with E-state index >= 15 is 0 Å². The minimum Gasteiger partial charge on any atom is -0.493 e. The van der Waals surface area contributed by atoms with Crippen molar-refractivity contribution in [2.75, 3.05) is 14.2 Å². The van der Waals surface area contributed by atoms with Crippen molar-refractivity contribution in [1.82, 2.24) is 0 Å². The second kappa shape index (κ2) is 9.02. The molecular formula is C26H20N2O3. The number of furan rings is 1. The lowest BCUT2D eigenvalue weighted by molar-refractivity contribution is 0.355. The summed E-state index contributed by atoms with van der Waals surface area (Å²) in [5.74, 6) is 2.10. The molecule has 31 heavy (non-hydrogen) atoms. The lowest BCUT2D eigenvalue weighted by Gasteiger charge is -2.07. The first-order chi connectivity index (χ1) is 15.2. The average molecular weight is 408 g/mol. The third kappa shape index (κ3) is 4.05. The molecule has 1 heterocycles. The van der Waals surface area contributed by atoms with E-state index in [9.17, 15) is 5.26 Å². The molecule has 0 saturated carbocycles. The van der Waals surface area contributed by atoms with E-state index in [1.807, 2.05) is 72.8 Å². The van der Waals surface area contributed by atoms with Gasteiger partial charge in [-0.25, -0.2) is 4.99 Å². The van der Waals surface area contributed by atoms with E-state index < -0.39 is 0 Å². The lowest BCUT2D eigenvalue weighted by atomic mass is 9.98. The van der Waals surface area contributed by atoms with Gasteiger partial charge < -0.3 is 13.9 Å². The van der Waals surface area contributed by atoms with Crippen LogP contribution in [0.25, 0.3) is 22.5 Å². The largest absolute Gasteiger partial charge is 0.493 e. The van der Waals surface area contributed by atoms with Crippen LogP contribution in [0.1, 0.15) is 11.1 Å². The number of benzene rings is 3. The molecule has 0 N–H and O–H groups in total. The maximum atomic E-state index is 9.95. The van der Waals surface area contributed by atoms with Gasteiger partial charge in [-0.15, -0.1) is 0 Å². The van der Waals surface area contributed by atoms with Gasteiger partial charge in [0, 0.05) is 17.3 Å². The first-order valence-corrected chi connectivity index (χ1v) is 9.69. The van der Waals surface area contributed by atoms with Gasteiger partial charge in [-0.05, 0) is 29.3 Å². The molecule has 5 nitrogen and oxygen atoms in total. The maximum Gasteiger partial charge on any atom is 0.238 e. The fourth-order valence-electron chi connectivity index (χ4n) is 3.35. The first-order valence-electron chi connectivity index (χ1n) is 9.69. The van der Waals surface area contributed by atoms with Crippen LogP contribution in [-0.2, 0) is 0 Å². The van der Waals surface area contributed by atoms with Gasteiger partial charge in [0.2, 0.25) is 5.88 Å². The number of rotatable bonds is 6. The molecule has 0 amide bonds. The average Bonchev–Trinajstić information content (AvgIpc) is 3.22. The van der Waals surface area contributed by atoms with Crippen molar-refractivity contribution in [3.05, 3.63) is 90.0 Å². The van der Waals surface area contributed by atoms with E-state index in [0.29, 0.717) is 22.8 Å². The van der Waals surface area contributed by atoms with Gasteiger partial charge >= 0.3 is 0 Å². The normalized spacial score (nSPS) is 10.7. The van der Waals surface area contributed by atoms with Gasteiger partial charge in [0.05, 0.1) is 14.2 Å². The summed E-state index contributed by atoms with van der Waals surface area (Å²) < 4.78 is 16.8. The standard InChI is InChI=1S/C26H20N2O3/c1-29-22-14-13-18(15-23(22)30-2)17-28-26-21(16-27)24(19-9-5-3-6-10-19)25(31-26)20-11-7-4-8-12-20/h3-15,17H,1-2H3. The van der Waals surface area contributed by atoms with Crippen molar-refractivity contribution in [2.24, 2.45) is 4.99 Å². The van der Waals surface area contributed by atoms with Crippen molar-refractivity contribution >= 4 is 12.1 Å². The Balaban J connectivity index is 1.83. The maximum absolute atomic E-state index is 9.95. The molecule has 0 bridgehead atoms. The summed E-state index contributed by atoms with van der Waals surface area (Å²) in [7, 11) is 3.17. The number of methoxy groups -OCH3 is 2. The zero-order valence-corrected chi connectivity index (χ0v) is 17.2. The second-order valence-corrected chi connectivity index (χ2v) is 6.70. The number of aliphatic imine (C=N–C) groups is 1. The molecule has 4 aromatic rings. The minimum absolute atomic E-state index is 0.259. The highest BCUT2D eigenvalue weighted by Crippen LogP contribution is 2.42. The second-order valence-electron chi connectivity index (χ2n) is 6.70. The molecule has 3 aromatic carbocycles. The summed E-state index contributed by atoms with van der Waals surface area (Å²) >= 11 is 0. The van der Waals surface area contributed by atoms with Crippen molar-refractivity contribution in [1.29, 1.82) is 5.26 Å². The number of nitriles is 1. The Hall–Kier alpha value is -4.30. The van der Waals surface area contributed by atoms with E-state index in [1.54, 1.807) is 26.5 Å². The molecule has 0 unspecified atom stereocenters. The molecule has 0 aliphatic heterocycles. The fourth-order valence-corrected chi connectivity index (χ4v) is 3.35. The number of hydrogen-bond donors (Lipinski definition) is 0. The van der Waals surface area contributed by atoms with Crippen LogP contribution in [0.5, 0.6) is 11.5 Å². The van der Waals surface area contributed by atoms with Crippen LogP contribution in [0.3, 0.4) is 0 Å². The molecular weight excluding hydrogens is 388 g/mol. The minimum atomic E-state index is 0.259. The van der Waals surface area contributed by atoms with Gasteiger partial charge in [-0.3, -0.25) is 0 Å². The highest BCUT2D eigenvalue weighted by atomic mass is 16.5. The quantitative estimate of drug-likeness (QED) is 0.354. The van der Waals surface area contributed by atoms with Crippen molar-refractivity contribution < 1.29 is 13.9 Å². The van der Waals surface area contributed by atoms with E-state index in [0.717, 1.165) is 22.3 Å². The predicted molar refractivity (Wildman–Crippen MR) is 121 cm³/mol. The van der Waals surface area contributed by atoms with Gasteiger partial charge in [-0.2, -0.15) is 5.26 Å². The molecule has 0 atom stereocenters. The highest BCUT2D eigenvalue weighted by molar-refractivity contribution is 5.90. The summed E-state index contributed by atoms with van der Waals surface area (Å²) in [6, 6.07) is 27.2. The van der Waals surface area contributed by atoms with Gasteiger partial charge in [0.25, 0.3) is 0 Å². The monoisotopic (exact) mass is 408 g/mol. The van der Waals surface area contributed by atoms with Crippen molar-refractivity contribution in [3.63, 3.8) is 0 Å². The summed E-state index contributed by atoms with van der Waals surface area (Å²) in [6.07, 6.45) is 1.64. The Labute approximate surface area is 180 Å². The smallest absolute Gasteiger partial charge is 0.238 e. The molecule has 0 saturated heterocycles. The summed E-state index contributed by atoms with van der Waals surface area (Å²) in [6.45, 7) is 0. The van der Waals surface area contributed by atoms with Crippen LogP contribution < -0.4 is 9.47 Å². The first kappa shape index (κ1) is 20.0. The summed E-state index contributed by atoms with van der Waals surface area (Å²) in [5.41, 5.74) is 3.69. The van der Waals surface area contributed by atoms with Crippen molar-refractivity contribution in [3.8, 4) is 40.0 Å². The number of hydrogen-bond acceptors (Lipinski definition) is 5. The van der Waals surface area contributed by atoms with Crippen LogP contribution in [0.15, 0.2) is 88.3 Å². The SMILES string of the molecule is COc1ccc(C=Nc2oc(-c3ccccc3)c(-c3ccccc3)c2C#N)cc1OC. The van der Waals surface area contributed by atoms with Crippen molar-refractivity contribution in [2.45, 2.75) is 0 Å². The third-order valence-electron chi connectivity index (χ3n) is 4.84. The molecule has 152 valence electrons. The zero-order valence-electron chi connectivity index (χ0n) is 17.2. The molecule has 0 aliphatic carbocycles. The Morgan fingerprint density at radius 2 is 1.48 bits per heavy atom. The van der Waals surface area contributed by atoms with Crippen LogP contribution in [-0.4, -0.2) is 20.4 Å². The summed E-state index contributed by atoms with van der Waals surface area (Å²) in [5, 5.41) is 9.95. The molecule has 5 heteroatoms. The molecule has 0 fully saturated rings.